The van der Waals surface area contributed by atoms with E-state index in [1.807, 2.05) is 0 Å². The van der Waals surface area contributed by atoms with Crippen molar-refractivity contribution in [2.75, 3.05) is 19.8 Å². The third-order valence-electron chi connectivity index (χ3n) is 2.00. The molecule has 1 aliphatic carbocycles. The Balaban J connectivity index is 0.000000424. The van der Waals surface area contributed by atoms with Crippen LogP contribution in [0.1, 0.15) is 39.0 Å². The number of hydrogen-bond acceptors (Lipinski definition) is 3. The summed E-state index contributed by atoms with van der Waals surface area (Å²) in [6.45, 7) is 2.61. The predicted molar refractivity (Wildman–Crippen MR) is 52.7 cm³/mol. The minimum Gasteiger partial charge on any atom is -0.397 e. The topological polar surface area (TPSA) is 49.7 Å². The van der Waals surface area contributed by atoms with E-state index in [0.29, 0.717) is 12.7 Å². The summed E-state index contributed by atoms with van der Waals surface area (Å²) < 4.78 is 5.38. The lowest BCUT2D eigenvalue weighted by atomic mass is 9.98. The highest BCUT2D eigenvalue weighted by Crippen LogP contribution is 2.19. The standard InChI is InChI=1S/C8H16O2.C2H6O/c9-6-7-10-8-4-2-1-3-5-8;1-2-3/h8-9H,1-7H2;3H,2H2,1H3. The highest BCUT2D eigenvalue weighted by Gasteiger charge is 2.12. The first-order valence-corrected chi connectivity index (χ1v) is 5.18. The molecule has 80 valence electrons. The maximum Gasteiger partial charge on any atom is 0.0701 e. The quantitative estimate of drug-likeness (QED) is 0.706. The lowest BCUT2D eigenvalue weighted by Gasteiger charge is -2.21. The Morgan fingerprint density at radius 3 is 2.15 bits per heavy atom. The zero-order chi connectivity index (χ0) is 9.94. The Labute approximate surface area is 80.7 Å². The van der Waals surface area contributed by atoms with Crippen LogP contribution in [-0.2, 0) is 4.74 Å². The molecule has 0 aromatic heterocycles. The number of hydrogen-bond donors (Lipinski definition) is 2. The van der Waals surface area contributed by atoms with Crippen LogP contribution in [0.2, 0.25) is 0 Å². The molecule has 1 saturated carbocycles. The molecule has 0 aromatic rings. The van der Waals surface area contributed by atoms with E-state index in [4.69, 9.17) is 14.9 Å². The first-order valence-electron chi connectivity index (χ1n) is 5.18. The molecule has 3 heteroatoms. The molecule has 0 spiro atoms. The van der Waals surface area contributed by atoms with Gasteiger partial charge in [-0.15, -0.1) is 0 Å². The molecule has 1 rings (SSSR count). The van der Waals surface area contributed by atoms with Crippen molar-refractivity contribution in [3.8, 4) is 0 Å². The van der Waals surface area contributed by atoms with Crippen molar-refractivity contribution in [2.24, 2.45) is 0 Å². The largest absolute Gasteiger partial charge is 0.397 e. The maximum absolute atomic E-state index is 8.47. The van der Waals surface area contributed by atoms with Gasteiger partial charge in [0.2, 0.25) is 0 Å². The van der Waals surface area contributed by atoms with Crippen molar-refractivity contribution in [3.63, 3.8) is 0 Å². The van der Waals surface area contributed by atoms with Crippen molar-refractivity contribution in [1.82, 2.24) is 0 Å². The fraction of sp³-hybridized carbons (Fsp3) is 1.00. The zero-order valence-electron chi connectivity index (χ0n) is 8.54. The first kappa shape index (κ1) is 12.9. The van der Waals surface area contributed by atoms with Gasteiger partial charge in [-0.1, -0.05) is 19.3 Å². The van der Waals surface area contributed by atoms with E-state index in [2.05, 4.69) is 0 Å². The Kier molecular flexibility index (Phi) is 9.87. The fourth-order valence-corrected chi connectivity index (χ4v) is 1.45. The van der Waals surface area contributed by atoms with Crippen LogP contribution in [0.3, 0.4) is 0 Å². The van der Waals surface area contributed by atoms with Crippen LogP contribution in [0, 0.1) is 0 Å². The highest BCUT2D eigenvalue weighted by atomic mass is 16.5. The minimum atomic E-state index is 0.163. The van der Waals surface area contributed by atoms with Gasteiger partial charge in [0.05, 0.1) is 19.3 Å². The SMILES string of the molecule is CCO.OCCOC1CCCCC1. The molecular weight excluding hydrogens is 168 g/mol. The number of aliphatic hydroxyl groups excluding tert-OH is 2. The molecule has 0 radical (unpaired) electrons. The van der Waals surface area contributed by atoms with Crippen LogP contribution < -0.4 is 0 Å². The summed E-state index contributed by atoms with van der Waals surface area (Å²) in [6.07, 6.45) is 6.80. The second kappa shape index (κ2) is 9.96. The second-order valence-electron chi connectivity index (χ2n) is 3.17. The Morgan fingerprint density at radius 2 is 1.69 bits per heavy atom. The highest BCUT2D eigenvalue weighted by molar-refractivity contribution is 4.64. The fourth-order valence-electron chi connectivity index (χ4n) is 1.45. The molecule has 13 heavy (non-hydrogen) atoms. The molecule has 0 bridgehead atoms. The summed E-state index contributed by atoms with van der Waals surface area (Å²) in [5.74, 6) is 0. The van der Waals surface area contributed by atoms with Gasteiger partial charge in [-0.2, -0.15) is 0 Å². The van der Waals surface area contributed by atoms with E-state index in [0.717, 1.165) is 0 Å². The first-order chi connectivity index (χ1) is 6.35. The summed E-state index contributed by atoms with van der Waals surface area (Å²) in [5.41, 5.74) is 0. The molecule has 0 aromatic carbocycles. The van der Waals surface area contributed by atoms with Gasteiger partial charge in [-0.05, 0) is 19.8 Å². The Morgan fingerprint density at radius 1 is 1.15 bits per heavy atom. The average molecular weight is 190 g/mol. The lowest BCUT2D eigenvalue weighted by molar-refractivity contribution is 0.00882. The third kappa shape index (κ3) is 8.22. The molecular formula is C10H22O3. The van der Waals surface area contributed by atoms with Crippen molar-refractivity contribution in [1.29, 1.82) is 0 Å². The van der Waals surface area contributed by atoms with Crippen molar-refractivity contribution in [2.45, 2.75) is 45.1 Å². The smallest absolute Gasteiger partial charge is 0.0701 e. The summed E-state index contributed by atoms with van der Waals surface area (Å²) in [5, 5.41) is 16.0. The molecule has 1 aliphatic rings. The van der Waals surface area contributed by atoms with Gasteiger partial charge in [0.15, 0.2) is 0 Å². The van der Waals surface area contributed by atoms with E-state index < -0.39 is 0 Å². The third-order valence-corrected chi connectivity index (χ3v) is 2.00. The summed E-state index contributed by atoms with van der Waals surface area (Å²) in [7, 11) is 0. The van der Waals surface area contributed by atoms with Crippen molar-refractivity contribution in [3.05, 3.63) is 0 Å². The lowest BCUT2D eigenvalue weighted by Crippen LogP contribution is -2.18. The molecule has 2 N–H and O–H groups in total. The maximum atomic E-state index is 8.47. The molecule has 0 heterocycles. The van der Waals surface area contributed by atoms with Crippen molar-refractivity contribution < 1.29 is 14.9 Å². The molecule has 0 unspecified atom stereocenters. The Bertz CT molecular complexity index is 90.2. The molecule has 3 nitrogen and oxygen atoms in total. The van der Waals surface area contributed by atoms with Crippen LogP contribution in [0.25, 0.3) is 0 Å². The van der Waals surface area contributed by atoms with Gasteiger partial charge in [-0.25, -0.2) is 0 Å². The van der Waals surface area contributed by atoms with Gasteiger partial charge in [-0.3, -0.25) is 0 Å². The summed E-state index contributed by atoms with van der Waals surface area (Å²) in [6, 6.07) is 0. The van der Waals surface area contributed by atoms with E-state index in [9.17, 15) is 0 Å². The minimum absolute atomic E-state index is 0.163. The molecule has 0 aliphatic heterocycles. The number of rotatable bonds is 3. The van der Waals surface area contributed by atoms with Crippen LogP contribution in [0.15, 0.2) is 0 Å². The predicted octanol–water partition coefficient (Wildman–Crippen LogP) is 1.33. The number of ether oxygens (including phenoxy) is 1. The molecule has 0 atom stereocenters. The van der Waals surface area contributed by atoms with Crippen LogP contribution >= 0.6 is 0 Å². The summed E-state index contributed by atoms with van der Waals surface area (Å²) >= 11 is 0. The van der Waals surface area contributed by atoms with E-state index in [1.54, 1.807) is 6.92 Å². The van der Waals surface area contributed by atoms with E-state index in [-0.39, 0.29) is 13.2 Å². The van der Waals surface area contributed by atoms with Gasteiger partial charge in [0.25, 0.3) is 0 Å². The van der Waals surface area contributed by atoms with Gasteiger partial charge in [0.1, 0.15) is 0 Å². The molecule has 1 fully saturated rings. The van der Waals surface area contributed by atoms with Gasteiger partial charge in [0, 0.05) is 6.61 Å². The van der Waals surface area contributed by atoms with Crippen LogP contribution in [0.5, 0.6) is 0 Å². The number of aliphatic hydroxyl groups is 2. The van der Waals surface area contributed by atoms with Crippen LogP contribution in [0.4, 0.5) is 0 Å². The normalized spacial score (nSPS) is 17.8. The van der Waals surface area contributed by atoms with Crippen LogP contribution in [-0.4, -0.2) is 36.1 Å². The van der Waals surface area contributed by atoms with E-state index >= 15 is 0 Å². The Hall–Kier alpha value is -0.120. The van der Waals surface area contributed by atoms with Crippen molar-refractivity contribution >= 4 is 0 Å². The van der Waals surface area contributed by atoms with Gasteiger partial charge >= 0.3 is 0 Å². The van der Waals surface area contributed by atoms with E-state index in [1.165, 1.54) is 32.1 Å². The monoisotopic (exact) mass is 190 g/mol. The second-order valence-corrected chi connectivity index (χ2v) is 3.17. The average Bonchev–Trinajstić information content (AvgIpc) is 2.18. The van der Waals surface area contributed by atoms with Gasteiger partial charge < -0.3 is 14.9 Å². The summed E-state index contributed by atoms with van der Waals surface area (Å²) in [4.78, 5) is 0. The zero-order valence-corrected chi connectivity index (χ0v) is 8.54. The molecule has 0 saturated heterocycles. The molecule has 0 amide bonds.